The van der Waals surface area contributed by atoms with E-state index in [1.54, 1.807) is 0 Å². The maximum absolute atomic E-state index is 11.9. The molecule has 1 aliphatic carbocycles. The Morgan fingerprint density at radius 1 is 1.25 bits per heavy atom. The highest BCUT2D eigenvalue weighted by molar-refractivity contribution is 5.76. The largest absolute Gasteiger partial charge is 0.460 e. The first-order valence-corrected chi connectivity index (χ1v) is 7.32. The van der Waals surface area contributed by atoms with Crippen LogP contribution in [0.1, 0.15) is 37.7 Å². The highest BCUT2D eigenvalue weighted by Crippen LogP contribution is 2.27. The van der Waals surface area contributed by atoms with Crippen molar-refractivity contribution in [3.05, 3.63) is 35.9 Å². The van der Waals surface area contributed by atoms with Gasteiger partial charge in [0, 0.05) is 0 Å². The normalized spacial score (nSPS) is 19.3. The van der Waals surface area contributed by atoms with E-state index in [1.165, 1.54) is 6.42 Å². The van der Waals surface area contributed by atoms with E-state index >= 15 is 0 Å². The Hall–Kier alpha value is -1.39. The molecular formula is C16H23NO3. The average Bonchev–Trinajstić information content (AvgIpc) is 2.53. The Bertz CT molecular complexity index is 415. The molecule has 4 heteroatoms. The van der Waals surface area contributed by atoms with Crippen molar-refractivity contribution in [1.82, 2.24) is 0 Å². The second-order valence-electron chi connectivity index (χ2n) is 5.51. The van der Waals surface area contributed by atoms with E-state index < -0.39 is 18.1 Å². The number of aliphatic hydroxyl groups is 1. The van der Waals surface area contributed by atoms with Crippen LogP contribution in [0.2, 0.25) is 0 Å². The summed E-state index contributed by atoms with van der Waals surface area (Å²) in [6.07, 6.45) is 4.51. The summed E-state index contributed by atoms with van der Waals surface area (Å²) in [7, 11) is 0. The molecule has 0 saturated heterocycles. The van der Waals surface area contributed by atoms with Gasteiger partial charge in [-0.3, -0.25) is 4.79 Å². The van der Waals surface area contributed by atoms with E-state index in [-0.39, 0.29) is 12.5 Å². The average molecular weight is 277 g/mol. The fraction of sp³-hybridized carbons (Fsp3) is 0.562. The van der Waals surface area contributed by atoms with E-state index in [1.807, 2.05) is 30.3 Å². The van der Waals surface area contributed by atoms with Crippen LogP contribution in [0.25, 0.3) is 0 Å². The van der Waals surface area contributed by atoms with Crippen LogP contribution in [0, 0.1) is 5.92 Å². The molecule has 0 radical (unpaired) electrons. The topological polar surface area (TPSA) is 72.6 Å². The van der Waals surface area contributed by atoms with Crippen LogP contribution in [-0.2, 0) is 16.1 Å². The Labute approximate surface area is 119 Å². The number of ether oxygens (including phenoxy) is 1. The Morgan fingerprint density at radius 3 is 2.55 bits per heavy atom. The first-order chi connectivity index (χ1) is 9.68. The third kappa shape index (κ3) is 4.05. The summed E-state index contributed by atoms with van der Waals surface area (Å²) >= 11 is 0. The van der Waals surface area contributed by atoms with Gasteiger partial charge in [-0.1, -0.05) is 49.6 Å². The Morgan fingerprint density at radius 2 is 1.90 bits per heavy atom. The number of hydrogen-bond donors (Lipinski definition) is 2. The van der Waals surface area contributed by atoms with Crippen LogP contribution in [0.4, 0.5) is 0 Å². The second kappa shape index (κ2) is 7.41. The molecule has 0 spiro atoms. The summed E-state index contributed by atoms with van der Waals surface area (Å²) in [5.41, 5.74) is 6.75. The van der Waals surface area contributed by atoms with Gasteiger partial charge < -0.3 is 15.6 Å². The second-order valence-corrected chi connectivity index (χ2v) is 5.51. The maximum Gasteiger partial charge on any atom is 0.325 e. The summed E-state index contributed by atoms with van der Waals surface area (Å²) in [6, 6.07) is 8.51. The fourth-order valence-electron chi connectivity index (χ4n) is 2.73. The van der Waals surface area contributed by atoms with Crippen molar-refractivity contribution in [3.63, 3.8) is 0 Å². The fourth-order valence-corrected chi connectivity index (χ4v) is 2.73. The minimum Gasteiger partial charge on any atom is -0.460 e. The van der Waals surface area contributed by atoms with E-state index in [0.717, 1.165) is 31.2 Å². The Kier molecular flexibility index (Phi) is 5.56. The van der Waals surface area contributed by atoms with Gasteiger partial charge in [-0.15, -0.1) is 0 Å². The van der Waals surface area contributed by atoms with Gasteiger partial charge in [0.15, 0.2) is 0 Å². The van der Waals surface area contributed by atoms with Crippen molar-refractivity contribution in [2.24, 2.45) is 11.7 Å². The van der Waals surface area contributed by atoms with Crippen LogP contribution in [0.3, 0.4) is 0 Å². The lowest BCUT2D eigenvalue weighted by atomic mass is 9.83. The summed E-state index contributed by atoms with van der Waals surface area (Å²) in [6.45, 7) is 0.199. The zero-order valence-corrected chi connectivity index (χ0v) is 11.7. The molecular weight excluding hydrogens is 254 g/mol. The van der Waals surface area contributed by atoms with Crippen LogP contribution < -0.4 is 5.73 Å². The quantitative estimate of drug-likeness (QED) is 0.807. The first-order valence-electron chi connectivity index (χ1n) is 7.32. The molecule has 2 rings (SSSR count). The lowest BCUT2D eigenvalue weighted by molar-refractivity contribution is -0.150. The van der Waals surface area contributed by atoms with E-state index in [2.05, 4.69) is 0 Å². The van der Waals surface area contributed by atoms with Crippen molar-refractivity contribution in [1.29, 1.82) is 0 Å². The number of hydrogen-bond acceptors (Lipinski definition) is 4. The highest BCUT2D eigenvalue weighted by Gasteiger charge is 2.31. The van der Waals surface area contributed by atoms with Gasteiger partial charge in [0.1, 0.15) is 12.6 Å². The van der Waals surface area contributed by atoms with Crippen molar-refractivity contribution in [2.75, 3.05) is 0 Å². The molecule has 4 nitrogen and oxygen atoms in total. The van der Waals surface area contributed by atoms with E-state index in [4.69, 9.17) is 10.5 Å². The van der Waals surface area contributed by atoms with E-state index in [9.17, 15) is 9.90 Å². The first kappa shape index (κ1) is 15.0. The summed E-state index contributed by atoms with van der Waals surface area (Å²) < 4.78 is 5.18. The molecule has 1 aromatic carbocycles. The van der Waals surface area contributed by atoms with Gasteiger partial charge in [0.2, 0.25) is 0 Å². The molecule has 0 aromatic heterocycles. The lowest BCUT2D eigenvalue weighted by Gasteiger charge is -2.29. The standard InChI is InChI=1S/C16H23NO3/c17-14(15(18)13-9-5-2-6-10-13)16(19)20-11-12-7-3-1-4-8-12/h1,3-4,7-8,13-15,18H,2,5-6,9-11,17H2/t14-,15?/m0/s1. The van der Waals surface area contributed by atoms with Gasteiger partial charge >= 0.3 is 5.97 Å². The number of aliphatic hydroxyl groups excluding tert-OH is 1. The number of benzene rings is 1. The van der Waals surface area contributed by atoms with Gasteiger partial charge in [0.25, 0.3) is 0 Å². The molecule has 110 valence electrons. The molecule has 0 bridgehead atoms. The van der Waals surface area contributed by atoms with Gasteiger partial charge in [-0.2, -0.15) is 0 Å². The summed E-state index contributed by atoms with van der Waals surface area (Å²) in [4.78, 5) is 11.9. The molecule has 1 aromatic rings. The van der Waals surface area contributed by atoms with Crippen LogP contribution in [-0.4, -0.2) is 23.2 Å². The molecule has 1 fully saturated rings. The smallest absolute Gasteiger partial charge is 0.325 e. The van der Waals surface area contributed by atoms with Gasteiger partial charge in [-0.25, -0.2) is 0 Å². The number of carbonyl (C=O) groups is 1. The third-order valence-electron chi connectivity index (χ3n) is 4.00. The number of carbonyl (C=O) groups excluding carboxylic acids is 1. The van der Waals surface area contributed by atoms with Crippen LogP contribution in [0.15, 0.2) is 30.3 Å². The van der Waals surface area contributed by atoms with Gasteiger partial charge in [0.05, 0.1) is 6.10 Å². The molecule has 3 N–H and O–H groups in total. The molecule has 1 unspecified atom stereocenters. The number of rotatable bonds is 5. The minimum absolute atomic E-state index is 0.128. The Balaban J connectivity index is 1.81. The van der Waals surface area contributed by atoms with Crippen LogP contribution in [0.5, 0.6) is 0 Å². The molecule has 1 aliphatic rings. The monoisotopic (exact) mass is 277 g/mol. The van der Waals surface area contributed by atoms with Crippen molar-refractivity contribution in [2.45, 2.75) is 50.9 Å². The van der Waals surface area contributed by atoms with Crippen molar-refractivity contribution >= 4 is 5.97 Å². The molecule has 20 heavy (non-hydrogen) atoms. The molecule has 1 saturated carbocycles. The molecule has 0 heterocycles. The predicted octanol–water partition coefficient (Wildman–Crippen LogP) is 2.00. The van der Waals surface area contributed by atoms with Crippen molar-refractivity contribution in [3.8, 4) is 0 Å². The summed E-state index contributed by atoms with van der Waals surface area (Å²) in [5.74, 6) is -0.394. The van der Waals surface area contributed by atoms with Crippen molar-refractivity contribution < 1.29 is 14.6 Å². The molecule has 0 aliphatic heterocycles. The minimum atomic E-state index is -0.943. The van der Waals surface area contributed by atoms with Gasteiger partial charge in [-0.05, 0) is 24.3 Å². The maximum atomic E-state index is 11.9. The van der Waals surface area contributed by atoms with E-state index in [0.29, 0.717) is 0 Å². The molecule has 2 atom stereocenters. The lowest BCUT2D eigenvalue weighted by Crippen LogP contribution is -2.47. The summed E-state index contributed by atoms with van der Waals surface area (Å²) in [5, 5.41) is 10.2. The van der Waals surface area contributed by atoms with Crippen LogP contribution >= 0.6 is 0 Å². The zero-order chi connectivity index (χ0) is 14.4. The number of nitrogens with two attached hydrogens (primary N) is 1. The zero-order valence-electron chi connectivity index (χ0n) is 11.7. The SMILES string of the molecule is N[C@H](C(=O)OCc1ccccc1)C(O)C1CCCCC1. The highest BCUT2D eigenvalue weighted by atomic mass is 16.5. The third-order valence-corrected chi connectivity index (χ3v) is 4.00. The predicted molar refractivity (Wildman–Crippen MR) is 76.8 cm³/mol. The number of esters is 1. The molecule has 0 amide bonds.